The maximum absolute atomic E-state index is 6.06. The molecule has 0 saturated carbocycles. The van der Waals surface area contributed by atoms with Gasteiger partial charge in [0.05, 0.1) is 19.7 Å². The van der Waals surface area contributed by atoms with E-state index in [0.29, 0.717) is 13.1 Å². The van der Waals surface area contributed by atoms with E-state index >= 15 is 0 Å². The van der Waals surface area contributed by atoms with Gasteiger partial charge in [-0.15, -0.1) is 0 Å². The van der Waals surface area contributed by atoms with E-state index in [1.165, 1.54) is 5.56 Å². The standard InChI is InChI=1S/C24H25BrN2O/c25-15-7-8-16-28-24-14-13-21(17-23(24)22-11-5-2-6-12-22)19-27-26-18-20-9-3-1-4-10-20/h1-6,9-14,17H,7-8,15-16,18-19H2. The average Bonchev–Trinajstić information content (AvgIpc) is 2.76. The molecule has 0 aromatic heterocycles. The minimum absolute atomic E-state index is 0.566. The van der Waals surface area contributed by atoms with Crippen molar-refractivity contribution in [3.8, 4) is 16.9 Å². The Bertz CT molecular complexity index is 866. The number of nitrogens with zero attached hydrogens (tertiary/aromatic N) is 2. The van der Waals surface area contributed by atoms with Crippen LogP contribution in [0, 0.1) is 0 Å². The maximum Gasteiger partial charge on any atom is 0.127 e. The van der Waals surface area contributed by atoms with Gasteiger partial charge < -0.3 is 4.74 Å². The predicted octanol–water partition coefficient (Wildman–Crippen LogP) is 7.06. The van der Waals surface area contributed by atoms with Gasteiger partial charge in [0.1, 0.15) is 5.75 Å². The summed E-state index contributed by atoms with van der Waals surface area (Å²) < 4.78 is 6.06. The monoisotopic (exact) mass is 436 g/mol. The SMILES string of the molecule is BrCCCCOc1ccc(CN=NCc2ccccc2)cc1-c1ccccc1. The summed E-state index contributed by atoms with van der Waals surface area (Å²) in [4.78, 5) is 0. The number of hydrogen-bond donors (Lipinski definition) is 0. The second kappa shape index (κ2) is 11.4. The van der Waals surface area contributed by atoms with Gasteiger partial charge >= 0.3 is 0 Å². The van der Waals surface area contributed by atoms with Crippen LogP contribution in [0.3, 0.4) is 0 Å². The summed E-state index contributed by atoms with van der Waals surface area (Å²) in [6, 6.07) is 26.8. The highest BCUT2D eigenvalue weighted by Gasteiger charge is 2.08. The molecule has 0 radical (unpaired) electrons. The van der Waals surface area contributed by atoms with Gasteiger partial charge in [0, 0.05) is 10.9 Å². The van der Waals surface area contributed by atoms with Gasteiger partial charge in [0.25, 0.3) is 0 Å². The molecule has 0 fully saturated rings. The van der Waals surface area contributed by atoms with Crippen molar-refractivity contribution in [1.29, 1.82) is 0 Å². The molecular formula is C24H25BrN2O. The number of benzene rings is 3. The lowest BCUT2D eigenvalue weighted by molar-refractivity contribution is 0.311. The number of hydrogen-bond acceptors (Lipinski definition) is 3. The van der Waals surface area contributed by atoms with Crippen LogP contribution in [0.2, 0.25) is 0 Å². The summed E-state index contributed by atoms with van der Waals surface area (Å²) in [6.45, 7) is 1.90. The Hall–Kier alpha value is -2.46. The van der Waals surface area contributed by atoms with Crippen LogP contribution in [-0.2, 0) is 13.1 Å². The van der Waals surface area contributed by atoms with E-state index in [2.05, 4.69) is 80.8 Å². The van der Waals surface area contributed by atoms with Crippen molar-refractivity contribution in [2.45, 2.75) is 25.9 Å². The van der Waals surface area contributed by atoms with Crippen LogP contribution in [0.15, 0.2) is 89.1 Å². The molecule has 0 unspecified atom stereocenters. The zero-order chi connectivity index (χ0) is 19.4. The number of ether oxygens (including phenoxy) is 1. The van der Waals surface area contributed by atoms with Gasteiger partial charge in [0.15, 0.2) is 0 Å². The molecule has 0 aliphatic heterocycles. The highest BCUT2D eigenvalue weighted by Crippen LogP contribution is 2.31. The van der Waals surface area contributed by atoms with Crippen molar-refractivity contribution >= 4 is 15.9 Å². The number of unbranched alkanes of at least 4 members (excludes halogenated alkanes) is 1. The molecule has 3 aromatic carbocycles. The third-order valence-electron chi connectivity index (χ3n) is 4.36. The van der Waals surface area contributed by atoms with Crippen molar-refractivity contribution in [2.24, 2.45) is 10.2 Å². The summed E-state index contributed by atoms with van der Waals surface area (Å²) in [5.41, 5.74) is 4.56. The lowest BCUT2D eigenvalue weighted by atomic mass is 10.0. The van der Waals surface area contributed by atoms with Crippen LogP contribution in [0.5, 0.6) is 5.75 Å². The number of rotatable bonds is 10. The minimum atomic E-state index is 0.566. The van der Waals surface area contributed by atoms with E-state index in [4.69, 9.17) is 4.74 Å². The molecule has 0 aliphatic carbocycles. The molecule has 0 saturated heterocycles. The van der Waals surface area contributed by atoms with Crippen molar-refractivity contribution < 1.29 is 4.74 Å². The molecule has 4 heteroatoms. The molecule has 0 spiro atoms. The second-order valence-electron chi connectivity index (χ2n) is 6.53. The Kier molecular flexibility index (Phi) is 8.26. The zero-order valence-corrected chi connectivity index (χ0v) is 17.5. The van der Waals surface area contributed by atoms with Crippen LogP contribution in [0.1, 0.15) is 24.0 Å². The molecule has 0 amide bonds. The first-order valence-corrected chi connectivity index (χ1v) is 10.7. The molecule has 28 heavy (non-hydrogen) atoms. The molecule has 144 valence electrons. The van der Waals surface area contributed by atoms with E-state index in [-0.39, 0.29) is 0 Å². The normalized spacial score (nSPS) is 11.0. The zero-order valence-electron chi connectivity index (χ0n) is 15.9. The lowest BCUT2D eigenvalue weighted by Crippen LogP contribution is -1.99. The minimum Gasteiger partial charge on any atom is -0.493 e. The van der Waals surface area contributed by atoms with Gasteiger partial charge in [-0.1, -0.05) is 82.7 Å². The summed E-state index contributed by atoms with van der Waals surface area (Å²) in [5, 5.41) is 9.70. The Morgan fingerprint density at radius 1 is 0.714 bits per heavy atom. The first-order chi connectivity index (χ1) is 13.9. The van der Waals surface area contributed by atoms with E-state index in [1.54, 1.807) is 0 Å². The quantitative estimate of drug-likeness (QED) is 0.190. The van der Waals surface area contributed by atoms with Crippen LogP contribution in [0.25, 0.3) is 11.1 Å². The fourth-order valence-electron chi connectivity index (χ4n) is 2.87. The Balaban J connectivity index is 1.70. The fraction of sp³-hybridized carbons (Fsp3) is 0.250. The van der Waals surface area contributed by atoms with E-state index < -0.39 is 0 Å². The van der Waals surface area contributed by atoms with Crippen molar-refractivity contribution in [1.82, 2.24) is 0 Å². The Morgan fingerprint density at radius 3 is 2.11 bits per heavy atom. The first-order valence-electron chi connectivity index (χ1n) is 9.61. The fourth-order valence-corrected chi connectivity index (χ4v) is 3.27. The van der Waals surface area contributed by atoms with Crippen LogP contribution < -0.4 is 4.74 Å². The van der Waals surface area contributed by atoms with Gasteiger partial charge in [-0.25, -0.2) is 0 Å². The second-order valence-corrected chi connectivity index (χ2v) is 7.32. The molecule has 3 nitrogen and oxygen atoms in total. The van der Waals surface area contributed by atoms with Crippen molar-refractivity contribution in [3.63, 3.8) is 0 Å². The molecule has 0 atom stereocenters. The van der Waals surface area contributed by atoms with Gasteiger partial charge in [0.2, 0.25) is 0 Å². The summed E-state index contributed by atoms with van der Waals surface area (Å²) in [7, 11) is 0. The molecule has 0 aliphatic rings. The molecule has 3 rings (SSSR count). The molecule has 0 bridgehead atoms. The number of azo groups is 1. The highest BCUT2D eigenvalue weighted by atomic mass is 79.9. The predicted molar refractivity (Wildman–Crippen MR) is 119 cm³/mol. The lowest BCUT2D eigenvalue weighted by Gasteiger charge is -2.13. The van der Waals surface area contributed by atoms with Gasteiger partial charge in [-0.2, -0.15) is 10.2 Å². The topological polar surface area (TPSA) is 34.0 Å². The molecule has 0 heterocycles. The third kappa shape index (κ3) is 6.31. The maximum atomic E-state index is 6.06. The van der Waals surface area contributed by atoms with Crippen LogP contribution in [-0.4, -0.2) is 11.9 Å². The third-order valence-corrected chi connectivity index (χ3v) is 4.92. The van der Waals surface area contributed by atoms with Crippen LogP contribution in [0.4, 0.5) is 0 Å². The molecule has 3 aromatic rings. The van der Waals surface area contributed by atoms with Gasteiger partial charge in [-0.3, -0.25) is 0 Å². The van der Waals surface area contributed by atoms with Crippen molar-refractivity contribution in [2.75, 3.05) is 11.9 Å². The van der Waals surface area contributed by atoms with E-state index in [1.807, 2.05) is 24.3 Å². The Morgan fingerprint density at radius 2 is 1.39 bits per heavy atom. The smallest absolute Gasteiger partial charge is 0.127 e. The van der Waals surface area contributed by atoms with Gasteiger partial charge in [-0.05, 0) is 41.7 Å². The first kappa shape index (κ1) is 20.3. The van der Waals surface area contributed by atoms with E-state index in [0.717, 1.165) is 47.2 Å². The molecular weight excluding hydrogens is 412 g/mol. The molecule has 0 N–H and O–H groups in total. The summed E-state index contributed by atoms with van der Waals surface area (Å²) in [6.07, 6.45) is 2.15. The largest absolute Gasteiger partial charge is 0.493 e. The van der Waals surface area contributed by atoms with Crippen molar-refractivity contribution in [3.05, 3.63) is 90.0 Å². The Labute approximate surface area is 175 Å². The number of alkyl halides is 1. The average molecular weight is 437 g/mol. The van der Waals surface area contributed by atoms with E-state index in [9.17, 15) is 0 Å². The number of halogens is 1. The van der Waals surface area contributed by atoms with Crippen LogP contribution >= 0.6 is 15.9 Å². The summed E-state index contributed by atoms with van der Waals surface area (Å²) >= 11 is 3.47. The summed E-state index contributed by atoms with van der Waals surface area (Å²) in [5.74, 6) is 0.922. The highest BCUT2D eigenvalue weighted by molar-refractivity contribution is 9.09.